The van der Waals surface area contributed by atoms with Gasteiger partial charge in [0.05, 0.1) is 16.3 Å². The second kappa shape index (κ2) is 17.6. The second-order valence-corrected chi connectivity index (χ2v) is 18.4. The SMILES string of the molecule is Cc1c(C#N)c(Nc2ccc(Cl)c(S(=O)(=O)O)c2)nc(Nc2ccc(Cl)cc2)c1N=Nc1sc(N=Nc2ccc3cccc(S(=O)(=O)O)c3c2)c(-c2ccc3ccccc3c2)c1C#N. The number of rotatable bonds is 11. The Labute approximate surface area is 379 Å². The normalized spacial score (nSPS) is 11.9. The van der Waals surface area contributed by atoms with Crippen molar-refractivity contribution in [2.24, 2.45) is 20.5 Å². The Balaban J connectivity index is 1.27. The maximum absolute atomic E-state index is 12.2. The Morgan fingerprint density at radius 1 is 0.641 bits per heavy atom. The molecule has 8 rings (SSSR count). The quantitative estimate of drug-likeness (QED) is 0.0702. The number of thiophene rings is 1. The summed E-state index contributed by atoms with van der Waals surface area (Å²) in [6, 6.07) is 37.4. The van der Waals surface area contributed by atoms with E-state index in [1.807, 2.05) is 42.5 Å². The fourth-order valence-electron chi connectivity index (χ4n) is 6.70. The lowest BCUT2D eigenvalue weighted by molar-refractivity contribution is 0.481. The molecule has 0 fully saturated rings. The maximum atomic E-state index is 12.2. The highest BCUT2D eigenvalue weighted by molar-refractivity contribution is 7.86. The third-order valence-electron chi connectivity index (χ3n) is 9.73. The number of halogens is 2. The summed E-state index contributed by atoms with van der Waals surface area (Å²) in [6.45, 7) is 1.61. The lowest BCUT2D eigenvalue weighted by Gasteiger charge is -2.16. The summed E-state index contributed by atoms with van der Waals surface area (Å²) >= 11 is 13.2. The van der Waals surface area contributed by atoms with E-state index in [0.29, 0.717) is 27.2 Å². The summed E-state index contributed by atoms with van der Waals surface area (Å²) in [5, 5.41) is 48.6. The molecule has 6 aromatic carbocycles. The van der Waals surface area contributed by atoms with Gasteiger partial charge in [-0.1, -0.05) is 89.1 Å². The molecule has 0 aliphatic rings. The Hall–Kier alpha value is -7.13. The Morgan fingerprint density at radius 3 is 2.02 bits per heavy atom. The predicted octanol–water partition coefficient (Wildman–Crippen LogP) is 13.3. The van der Waals surface area contributed by atoms with Gasteiger partial charge in [0.2, 0.25) is 0 Å². The number of benzene rings is 6. The molecule has 15 nitrogen and oxygen atoms in total. The average molecular weight is 945 g/mol. The molecular formula is C44H27Cl2N9O6S3. The zero-order valence-corrected chi connectivity index (χ0v) is 36.6. The number of aromatic nitrogens is 1. The van der Waals surface area contributed by atoms with E-state index < -0.39 is 25.1 Å². The minimum Gasteiger partial charge on any atom is -0.339 e. The minimum absolute atomic E-state index is 0.00419. The molecule has 0 unspecified atom stereocenters. The first-order valence-electron chi connectivity index (χ1n) is 18.5. The number of azo groups is 2. The molecule has 0 bridgehead atoms. The van der Waals surface area contributed by atoms with Crippen LogP contribution in [-0.4, -0.2) is 30.9 Å². The van der Waals surface area contributed by atoms with E-state index in [9.17, 15) is 36.5 Å². The molecule has 316 valence electrons. The van der Waals surface area contributed by atoms with Crippen LogP contribution in [0.2, 0.25) is 10.0 Å². The molecule has 4 N–H and O–H groups in total. The van der Waals surface area contributed by atoms with Gasteiger partial charge in [0.15, 0.2) is 16.6 Å². The van der Waals surface area contributed by atoms with Crippen molar-refractivity contribution in [3.05, 3.63) is 148 Å². The van der Waals surface area contributed by atoms with E-state index in [4.69, 9.17) is 23.2 Å². The molecule has 0 spiro atoms. The number of fused-ring (bicyclic) bond motifs is 2. The topological polar surface area (TPSA) is 243 Å². The van der Waals surface area contributed by atoms with Gasteiger partial charge in [-0.25, -0.2) is 4.98 Å². The van der Waals surface area contributed by atoms with Gasteiger partial charge in [0, 0.05) is 32.9 Å². The molecule has 2 aromatic heterocycles. The van der Waals surface area contributed by atoms with Crippen LogP contribution < -0.4 is 10.6 Å². The van der Waals surface area contributed by atoms with Gasteiger partial charge in [-0.2, -0.15) is 27.4 Å². The van der Waals surface area contributed by atoms with Crippen LogP contribution in [-0.2, 0) is 20.2 Å². The number of anilines is 4. The van der Waals surface area contributed by atoms with E-state index in [0.717, 1.165) is 28.2 Å². The molecule has 0 saturated carbocycles. The maximum Gasteiger partial charge on any atom is 0.296 e. The van der Waals surface area contributed by atoms with Crippen LogP contribution in [0.3, 0.4) is 0 Å². The number of pyridine rings is 1. The fourth-order valence-corrected chi connectivity index (χ4v) is 9.45. The van der Waals surface area contributed by atoms with Crippen molar-refractivity contribution in [1.29, 1.82) is 10.5 Å². The van der Waals surface area contributed by atoms with Gasteiger partial charge >= 0.3 is 0 Å². The summed E-state index contributed by atoms with van der Waals surface area (Å²) in [6.07, 6.45) is 0. The third kappa shape index (κ3) is 9.02. The highest BCUT2D eigenvalue weighted by Gasteiger charge is 2.24. The number of nitrogens with one attached hydrogen (secondary N) is 2. The highest BCUT2D eigenvalue weighted by Crippen LogP contribution is 2.49. The number of nitriles is 2. The fraction of sp³-hybridized carbons (Fsp3) is 0.0227. The molecule has 0 radical (unpaired) electrons. The second-order valence-electron chi connectivity index (χ2n) is 13.8. The standard InChI is InChI=1S/C44H27Cl2N9O6S3/c1-24-34(22-47)41(50-31-17-18-36(46)38(21-31)64(59,60)61)51-42(49-30-15-12-29(45)13-16-30)40(24)53-54-43-35(23-48)39(28-10-9-25-5-2-3-6-27(25)19-28)44(62-43)55-52-32-14-11-26-7-4-8-37(33(26)20-32)63(56,57)58/h2-21H,1H3,(H2,49,50,51)(H,56,57,58)(H,59,60,61). The van der Waals surface area contributed by atoms with Crippen molar-refractivity contribution < 1.29 is 25.9 Å². The molecule has 0 saturated heterocycles. The van der Waals surface area contributed by atoms with E-state index in [1.54, 1.807) is 49.4 Å². The van der Waals surface area contributed by atoms with Crippen molar-refractivity contribution in [2.45, 2.75) is 16.7 Å². The van der Waals surface area contributed by atoms with Crippen LogP contribution in [0.25, 0.3) is 32.7 Å². The van der Waals surface area contributed by atoms with Gasteiger partial charge in [0.1, 0.15) is 38.2 Å². The van der Waals surface area contributed by atoms with Gasteiger partial charge in [-0.15, -0.1) is 20.5 Å². The number of nitrogens with zero attached hydrogens (tertiary/aromatic N) is 7. The van der Waals surface area contributed by atoms with Gasteiger partial charge in [0.25, 0.3) is 20.2 Å². The third-order valence-corrected chi connectivity index (χ3v) is 13.2. The van der Waals surface area contributed by atoms with Crippen LogP contribution in [0.15, 0.2) is 152 Å². The average Bonchev–Trinajstić information content (AvgIpc) is 3.63. The molecular weight excluding hydrogens is 918 g/mol. The van der Waals surface area contributed by atoms with Crippen LogP contribution in [0.4, 0.5) is 44.4 Å². The van der Waals surface area contributed by atoms with Crippen LogP contribution in [0.5, 0.6) is 0 Å². The lowest BCUT2D eigenvalue weighted by atomic mass is 10.00. The first-order valence-corrected chi connectivity index (χ1v) is 23.0. The largest absolute Gasteiger partial charge is 0.339 e. The lowest BCUT2D eigenvalue weighted by Crippen LogP contribution is -2.05. The predicted molar refractivity (Wildman–Crippen MR) is 247 cm³/mol. The van der Waals surface area contributed by atoms with Crippen molar-refractivity contribution in [2.75, 3.05) is 10.6 Å². The molecule has 0 aliphatic heterocycles. The first kappa shape index (κ1) is 43.5. The van der Waals surface area contributed by atoms with Gasteiger partial charge < -0.3 is 10.6 Å². The van der Waals surface area contributed by atoms with Crippen molar-refractivity contribution in [3.63, 3.8) is 0 Å². The summed E-state index contributed by atoms with van der Waals surface area (Å²) in [7, 11) is -9.26. The molecule has 0 amide bonds. The van der Waals surface area contributed by atoms with Gasteiger partial charge in [-0.3, -0.25) is 9.11 Å². The van der Waals surface area contributed by atoms with Crippen LogP contribution >= 0.6 is 34.5 Å². The minimum atomic E-state index is -4.70. The molecule has 64 heavy (non-hydrogen) atoms. The molecule has 8 aromatic rings. The van der Waals surface area contributed by atoms with Crippen molar-refractivity contribution in [3.8, 4) is 23.3 Å². The van der Waals surface area contributed by atoms with Crippen LogP contribution in [0.1, 0.15) is 16.7 Å². The van der Waals surface area contributed by atoms with E-state index >= 15 is 0 Å². The van der Waals surface area contributed by atoms with Crippen molar-refractivity contribution >= 4 is 121 Å². The molecule has 20 heteroatoms. The summed E-state index contributed by atoms with van der Waals surface area (Å²) in [5.74, 6) is 0.0888. The van der Waals surface area contributed by atoms with Crippen molar-refractivity contribution in [1.82, 2.24) is 4.98 Å². The summed E-state index contributed by atoms with van der Waals surface area (Å²) < 4.78 is 68.0. The number of hydrogen-bond acceptors (Lipinski definition) is 14. The first-order chi connectivity index (χ1) is 30.6. The molecule has 0 atom stereocenters. The molecule has 0 aliphatic carbocycles. The summed E-state index contributed by atoms with van der Waals surface area (Å²) in [5.41, 5.74) is 2.44. The Bertz CT molecular complexity index is 3590. The van der Waals surface area contributed by atoms with E-state index in [2.05, 4.69) is 48.2 Å². The zero-order valence-electron chi connectivity index (χ0n) is 32.7. The molecule has 2 heterocycles. The van der Waals surface area contributed by atoms with E-state index in [-0.39, 0.29) is 70.7 Å². The van der Waals surface area contributed by atoms with Crippen LogP contribution in [0, 0.1) is 29.6 Å². The van der Waals surface area contributed by atoms with E-state index in [1.165, 1.54) is 30.3 Å². The monoisotopic (exact) mass is 943 g/mol. The zero-order chi connectivity index (χ0) is 45.3. The Morgan fingerprint density at radius 2 is 1.30 bits per heavy atom. The van der Waals surface area contributed by atoms with Gasteiger partial charge in [-0.05, 0) is 95.4 Å². The Kier molecular flexibility index (Phi) is 11.9. The smallest absolute Gasteiger partial charge is 0.296 e. The number of hydrogen-bond donors (Lipinski definition) is 4. The highest BCUT2D eigenvalue weighted by atomic mass is 35.5. The summed E-state index contributed by atoms with van der Waals surface area (Å²) in [4.78, 5) is 3.81.